The quantitative estimate of drug-likeness (QED) is 0.760. The van der Waals surface area contributed by atoms with Crippen molar-refractivity contribution in [2.45, 2.75) is 44.5 Å². The van der Waals surface area contributed by atoms with Crippen molar-refractivity contribution in [2.24, 2.45) is 0 Å². The van der Waals surface area contributed by atoms with Gasteiger partial charge < -0.3 is 11.1 Å². The summed E-state index contributed by atoms with van der Waals surface area (Å²) in [7, 11) is 0. The molecule has 2 unspecified atom stereocenters. The lowest BCUT2D eigenvalue weighted by atomic mass is 10.1. The SMILES string of the molecule is CCC(CCc1ccsc1)Nc1nc(N)nc(C(C)Cl)n1. The van der Waals surface area contributed by atoms with Gasteiger partial charge in [-0.25, -0.2) is 0 Å². The van der Waals surface area contributed by atoms with Crippen LogP contribution in [0.15, 0.2) is 16.8 Å². The molecule has 2 aromatic heterocycles. The number of aromatic nitrogens is 3. The minimum Gasteiger partial charge on any atom is -0.368 e. The topological polar surface area (TPSA) is 76.7 Å². The standard InChI is InChI=1S/C14H20ClN5S/c1-3-11(5-4-10-6-7-21-8-10)17-14-19-12(9(2)15)18-13(16)20-14/h6-9,11H,3-5H2,1-2H3,(H3,16,17,18,19,20). The molecule has 114 valence electrons. The Hall–Kier alpha value is -1.40. The van der Waals surface area contributed by atoms with Gasteiger partial charge in [-0.3, -0.25) is 0 Å². The van der Waals surface area contributed by atoms with E-state index < -0.39 is 0 Å². The molecule has 7 heteroatoms. The van der Waals surface area contributed by atoms with E-state index in [1.54, 1.807) is 11.3 Å². The Bertz CT molecular complexity index is 558. The molecule has 0 aromatic carbocycles. The first-order chi connectivity index (χ1) is 10.1. The Kier molecular flexibility index (Phi) is 5.76. The third-order valence-electron chi connectivity index (χ3n) is 3.21. The molecule has 0 bridgehead atoms. The Morgan fingerprint density at radius 2 is 2.19 bits per heavy atom. The van der Waals surface area contributed by atoms with Gasteiger partial charge in [0.25, 0.3) is 0 Å². The molecule has 3 N–H and O–H groups in total. The van der Waals surface area contributed by atoms with E-state index in [1.807, 2.05) is 6.92 Å². The monoisotopic (exact) mass is 325 g/mol. The lowest BCUT2D eigenvalue weighted by Gasteiger charge is -2.17. The molecule has 21 heavy (non-hydrogen) atoms. The van der Waals surface area contributed by atoms with Crippen molar-refractivity contribution in [3.05, 3.63) is 28.2 Å². The van der Waals surface area contributed by atoms with Crippen molar-refractivity contribution >= 4 is 34.8 Å². The summed E-state index contributed by atoms with van der Waals surface area (Å²) in [5.74, 6) is 1.20. The van der Waals surface area contributed by atoms with Gasteiger partial charge >= 0.3 is 0 Å². The molecule has 0 fully saturated rings. The maximum atomic E-state index is 6.01. The van der Waals surface area contributed by atoms with Crippen LogP contribution in [-0.2, 0) is 6.42 Å². The normalized spacial score (nSPS) is 13.9. The van der Waals surface area contributed by atoms with Crippen molar-refractivity contribution in [2.75, 3.05) is 11.1 Å². The minimum absolute atomic E-state index is 0.197. The summed E-state index contributed by atoms with van der Waals surface area (Å²) in [5.41, 5.74) is 7.07. The molecule has 0 aliphatic carbocycles. The van der Waals surface area contributed by atoms with Crippen molar-refractivity contribution in [3.8, 4) is 0 Å². The summed E-state index contributed by atoms with van der Waals surface area (Å²) < 4.78 is 0. The summed E-state index contributed by atoms with van der Waals surface area (Å²) in [6, 6.07) is 2.45. The number of anilines is 2. The molecule has 5 nitrogen and oxygen atoms in total. The lowest BCUT2D eigenvalue weighted by molar-refractivity contribution is 0.627. The largest absolute Gasteiger partial charge is 0.368 e. The predicted molar refractivity (Wildman–Crippen MR) is 88.8 cm³/mol. The van der Waals surface area contributed by atoms with Crippen LogP contribution >= 0.6 is 22.9 Å². The summed E-state index contributed by atoms with van der Waals surface area (Å²) >= 11 is 7.74. The molecule has 0 spiro atoms. The van der Waals surface area contributed by atoms with Crippen LogP contribution in [0.1, 0.15) is 43.5 Å². The summed E-state index contributed by atoms with van der Waals surface area (Å²) in [6.07, 6.45) is 3.04. The molecule has 0 saturated heterocycles. The molecule has 2 heterocycles. The van der Waals surface area contributed by atoms with Crippen molar-refractivity contribution in [3.63, 3.8) is 0 Å². The van der Waals surface area contributed by atoms with E-state index in [9.17, 15) is 0 Å². The van der Waals surface area contributed by atoms with E-state index in [4.69, 9.17) is 17.3 Å². The zero-order valence-corrected chi connectivity index (χ0v) is 13.8. The second-order valence-electron chi connectivity index (χ2n) is 4.91. The first kappa shape index (κ1) is 16.0. The zero-order valence-electron chi connectivity index (χ0n) is 12.2. The van der Waals surface area contributed by atoms with Crippen LogP contribution in [0.4, 0.5) is 11.9 Å². The van der Waals surface area contributed by atoms with E-state index in [2.05, 4.69) is 44.0 Å². The Morgan fingerprint density at radius 3 is 2.81 bits per heavy atom. The number of nitrogens with zero attached hydrogens (tertiary/aromatic N) is 3. The molecular weight excluding hydrogens is 306 g/mol. The maximum absolute atomic E-state index is 6.01. The van der Waals surface area contributed by atoms with Crippen LogP contribution in [0.5, 0.6) is 0 Å². The number of aryl methyl sites for hydroxylation is 1. The molecule has 0 amide bonds. The van der Waals surface area contributed by atoms with Gasteiger partial charge in [0.2, 0.25) is 11.9 Å². The second kappa shape index (κ2) is 7.56. The lowest BCUT2D eigenvalue weighted by Crippen LogP contribution is -2.22. The Balaban J connectivity index is 2.00. The molecule has 0 saturated carbocycles. The van der Waals surface area contributed by atoms with E-state index in [0.717, 1.165) is 19.3 Å². The summed E-state index contributed by atoms with van der Waals surface area (Å²) in [6.45, 7) is 3.95. The number of rotatable bonds is 7. The fourth-order valence-corrected chi connectivity index (χ4v) is 2.79. The highest BCUT2D eigenvalue weighted by Gasteiger charge is 2.13. The maximum Gasteiger partial charge on any atom is 0.228 e. The fourth-order valence-electron chi connectivity index (χ4n) is 1.99. The van der Waals surface area contributed by atoms with Crippen LogP contribution in [-0.4, -0.2) is 21.0 Å². The third kappa shape index (κ3) is 4.82. The highest BCUT2D eigenvalue weighted by Crippen LogP contribution is 2.18. The van der Waals surface area contributed by atoms with Gasteiger partial charge in [-0.15, -0.1) is 11.6 Å². The van der Waals surface area contributed by atoms with E-state index in [0.29, 0.717) is 17.8 Å². The Morgan fingerprint density at radius 1 is 1.38 bits per heavy atom. The van der Waals surface area contributed by atoms with Crippen LogP contribution in [0.3, 0.4) is 0 Å². The summed E-state index contributed by atoms with van der Waals surface area (Å²) in [5, 5.41) is 7.32. The average Bonchev–Trinajstić information content (AvgIpc) is 2.96. The molecule has 2 atom stereocenters. The fraction of sp³-hybridized carbons (Fsp3) is 0.500. The molecule has 2 rings (SSSR count). The molecule has 0 radical (unpaired) electrons. The van der Waals surface area contributed by atoms with Crippen molar-refractivity contribution in [1.29, 1.82) is 0 Å². The van der Waals surface area contributed by atoms with Gasteiger partial charge in [0.05, 0.1) is 5.38 Å². The van der Waals surface area contributed by atoms with Gasteiger partial charge in [0.15, 0.2) is 5.82 Å². The second-order valence-corrected chi connectivity index (χ2v) is 6.35. The van der Waals surface area contributed by atoms with E-state index >= 15 is 0 Å². The first-order valence-electron chi connectivity index (χ1n) is 7.01. The number of nitrogen functional groups attached to an aromatic ring is 1. The minimum atomic E-state index is -0.290. The smallest absolute Gasteiger partial charge is 0.228 e. The predicted octanol–water partition coefficient (Wildman–Crippen LogP) is 3.64. The number of nitrogens with one attached hydrogen (secondary N) is 1. The summed E-state index contributed by atoms with van der Waals surface area (Å²) in [4.78, 5) is 12.5. The average molecular weight is 326 g/mol. The van der Waals surface area contributed by atoms with Gasteiger partial charge in [-0.1, -0.05) is 6.92 Å². The third-order valence-corrected chi connectivity index (χ3v) is 4.14. The van der Waals surface area contributed by atoms with Crippen LogP contribution in [0.2, 0.25) is 0 Å². The molecule has 0 aliphatic rings. The van der Waals surface area contributed by atoms with Gasteiger partial charge in [-0.05, 0) is 48.6 Å². The van der Waals surface area contributed by atoms with Crippen LogP contribution in [0.25, 0.3) is 0 Å². The Labute approximate surface area is 134 Å². The van der Waals surface area contributed by atoms with Crippen molar-refractivity contribution in [1.82, 2.24) is 15.0 Å². The number of thiophene rings is 1. The number of alkyl halides is 1. The first-order valence-corrected chi connectivity index (χ1v) is 8.39. The van der Waals surface area contributed by atoms with Gasteiger partial charge in [0, 0.05) is 6.04 Å². The van der Waals surface area contributed by atoms with Crippen LogP contribution < -0.4 is 11.1 Å². The van der Waals surface area contributed by atoms with E-state index in [1.165, 1.54) is 5.56 Å². The van der Waals surface area contributed by atoms with Crippen molar-refractivity contribution < 1.29 is 0 Å². The highest BCUT2D eigenvalue weighted by atomic mass is 35.5. The number of hydrogen-bond acceptors (Lipinski definition) is 6. The molecule has 0 aliphatic heterocycles. The number of halogens is 1. The zero-order chi connectivity index (χ0) is 15.2. The molecular formula is C14H20ClN5S. The highest BCUT2D eigenvalue weighted by molar-refractivity contribution is 7.07. The number of nitrogens with two attached hydrogens (primary N) is 1. The van der Waals surface area contributed by atoms with Gasteiger partial charge in [0.1, 0.15) is 0 Å². The van der Waals surface area contributed by atoms with Gasteiger partial charge in [-0.2, -0.15) is 26.3 Å². The molecule has 2 aromatic rings. The van der Waals surface area contributed by atoms with E-state index in [-0.39, 0.29) is 11.3 Å². The number of hydrogen-bond donors (Lipinski definition) is 2. The van der Waals surface area contributed by atoms with Crippen LogP contribution in [0, 0.1) is 0 Å².